The number of anilines is 1. The van der Waals surface area contributed by atoms with Gasteiger partial charge in [0.25, 0.3) is 0 Å². The molecule has 0 aliphatic heterocycles. The molecule has 0 aliphatic carbocycles. The largest absolute Gasteiger partial charge is 0.493 e. The number of benzene rings is 2. The monoisotopic (exact) mass is 330 g/mol. The highest BCUT2D eigenvalue weighted by Crippen LogP contribution is 2.29. The van der Waals surface area contributed by atoms with Gasteiger partial charge in [-0.1, -0.05) is 12.1 Å². The number of aryl methyl sites for hydroxylation is 1. The quantitative estimate of drug-likeness (QED) is 0.796. The van der Waals surface area contributed by atoms with Crippen molar-refractivity contribution in [1.82, 2.24) is 5.32 Å². The standard InChI is InChI=1S/C18H22N2O4/c1-12-6-5-7-15(13(12)2)24-11-19-18(21)20-14-8-9-16(22-3)17(10-14)23-4/h5-10H,11H2,1-4H3,(H2,19,20,21). The number of ether oxygens (including phenoxy) is 3. The van der Waals surface area contributed by atoms with Gasteiger partial charge in [0.2, 0.25) is 0 Å². The van der Waals surface area contributed by atoms with Gasteiger partial charge < -0.3 is 24.8 Å². The summed E-state index contributed by atoms with van der Waals surface area (Å²) in [6.07, 6.45) is 0. The second kappa shape index (κ2) is 8.10. The zero-order chi connectivity index (χ0) is 17.5. The summed E-state index contributed by atoms with van der Waals surface area (Å²) in [4.78, 5) is 11.9. The third kappa shape index (κ3) is 4.32. The third-order valence-electron chi connectivity index (χ3n) is 3.66. The van der Waals surface area contributed by atoms with Gasteiger partial charge in [0.15, 0.2) is 18.2 Å². The SMILES string of the molecule is COc1ccc(NC(=O)NCOc2cccc(C)c2C)cc1OC. The molecule has 0 heterocycles. The van der Waals surface area contributed by atoms with Crippen molar-refractivity contribution in [1.29, 1.82) is 0 Å². The molecule has 0 saturated heterocycles. The first-order chi connectivity index (χ1) is 11.5. The normalized spacial score (nSPS) is 10.0. The molecule has 0 aliphatic rings. The minimum atomic E-state index is -0.368. The molecule has 2 aromatic rings. The van der Waals surface area contributed by atoms with Crippen molar-refractivity contribution < 1.29 is 19.0 Å². The number of urea groups is 1. The van der Waals surface area contributed by atoms with Gasteiger partial charge in [0.05, 0.1) is 14.2 Å². The minimum Gasteiger partial charge on any atom is -0.493 e. The van der Waals surface area contributed by atoms with Crippen molar-refractivity contribution in [3.8, 4) is 17.2 Å². The molecule has 0 spiro atoms. The lowest BCUT2D eigenvalue weighted by molar-refractivity contribution is 0.234. The number of hydrogen-bond acceptors (Lipinski definition) is 4. The van der Waals surface area contributed by atoms with E-state index in [9.17, 15) is 4.79 Å². The molecule has 0 radical (unpaired) electrons. The van der Waals surface area contributed by atoms with Crippen LogP contribution in [-0.4, -0.2) is 27.0 Å². The molecule has 0 saturated carbocycles. The van der Waals surface area contributed by atoms with Gasteiger partial charge in [-0.15, -0.1) is 0 Å². The maximum Gasteiger partial charge on any atom is 0.321 e. The molecule has 2 N–H and O–H groups in total. The van der Waals surface area contributed by atoms with Crippen molar-refractivity contribution in [2.75, 3.05) is 26.3 Å². The Morgan fingerprint density at radius 3 is 2.46 bits per heavy atom. The van der Waals surface area contributed by atoms with Crippen molar-refractivity contribution in [3.05, 3.63) is 47.5 Å². The van der Waals surface area contributed by atoms with Crippen LogP contribution >= 0.6 is 0 Å². The number of amides is 2. The van der Waals surface area contributed by atoms with Crippen molar-refractivity contribution in [2.45, 2.75) is 13.8 Å². The molecule has 2 aromatic carbocycles. The van der Waals surface area contributed by atoms with E-state index in [-0.39, 0.29) is 12.8 Å². The Hall–Kier alpha value is -2.89. The van der Waals surface area contributed by atoms with E-state index in [0.29, 0.717) is 17.2 Å². The van der Waals surface area contributed by atoms with E-state index in [2.05, 4.69) is 10.6 Å². The molecular formula is C18H22N2O4. The fourth-order valence-electron chi connectivity index (χ4n) is 2.15. The Labute approximate surface area is 141 Å². The summed E-state index contributed by atoms with van der Waals surface area (Å²) in [6.45, 7) is 4.07. The molecule has 128 valence electrons. The van der Waals surface area contributed by atoms with E-state index in [1.54, 1.807) is 32.4 Å². The Balaban J connectivity index is 1.88. The minimum absolute atomic E-state index is 0.0728. The molecule has 6 nitrogen and oxygen atoms in total. The van der Waals surface area contributed by atoms with E-state index in [4.69, 9.17) is 14.2 Å². The number of methoxy groups -OCH3 is 2. The molecule has 0 fully saturated rings. The van der Waals surface area contributed by atoms with Crippen LogP contribution in [0.1, 0.15) is 11.1 Å². The van der Waals surface area contributed by atoms with Gasteiger partial charge in [-0.2, -0.15) is 0 Å². The zero-order valence-corrected chi connectivity index (χ0v) is 14.3. The van der Waals surface area contributed by atoms with Crippen LogP contribution in [0.5, 0.6) is 17.2 Å². The Kier molecular flexibility index (Phi) is 5.89. The lowest BCUT2D eigenvalue weighted by Gasteiger charge is -2.13. The van der Waals surface area contributed by atoms with Gasteiger partial charge in [0.1, 0.15) is 5.75 Å². The first-order valence-electron chi connectivity index (χ1n) is 7.51. The Morgan fingerprint density at radius 1 is 1.00 bits per heavy atom. The van der Waals surface area contributed by atoms with E-state index in [1.165, 1.54) is 0 Å². The predicted molar refractivity (Wildman–Crippen MR) is 93.1 cm³/mol. The Morgan fingerprint density at radius 2 is 1.75 bits per heavy atom. The van der Waals surface area contributed by atoms with Crippen LogP contribution in [0, 0.1) is 13.8 Å². The van der Waals surface area contributed by atoms with Gasteiger partial charge in [-0.05, 0) is 43.2 Å². The summed E-state index contributed by atoms with van der Waals surface area (Å²) in [7, 11) is 3.10. The highest BCUT2D eigenvalue weighted by atomic mass is 16.5. The van der Waals surface area contributed by atoms with E-state index in [1.807, 2.05) is 32.0 Å². The zero-order valence-electron chi connectivity index (χ0n) is 14.3. The van der Waals surface area contributed by atoms with E-state index in [0.717, 1.165) is 16.9 Å². The molecule has 2 rings (SSSR count). The van der Waals surface area contributed by atoms with Crippen LogP contribution in [0.2, 0.25) is 0 Å². The maximum atomic E-state index is 11.9. The number of hydrogen-bond donors (Lipinski definition) is 2. The van der Waals surface area contributed by atoms with Gasteiger partial charge in [0, 0.05) is 11.8 Å². The van der Waals surface area contributed by atoms with Crippen LogP contribution in [0.3, 0.4) is 0 Å². The fourth-order valence-corrected chi connectivity index (χ4v) is 2.15. The third-order valence-corrected chi connectivity index (χ3v) is 3.66. The van der Waals surface area contributed by atoms with Gasteiger partial charge in [-0.3, -0.25) is 0 Å². The smallest absolute Gasteiger partial charge is 0.321 e. The summed E-state index contributed by atoms with van der Waals surface area (Å²) in [6, 6.07) is 10.6. The van der Waals surface area contributed by atoms with Crippen LogP contribution in [0.15, 0.2) is 36.4 Å². The lowest BCUT2D eigenvalue weighted by Crippen LogP contribution is -2.32. The summed E-state index contributed by atoms with van der Waals surface area (Å²) in [5.41, 5.74) is 2.79. The predicted octanol–water partition coefficient (Wildman–Crippen LogP) is 3.48. The van der Waals surface area contributed by atoms with Gasteiger partial charge >= 0.3 is 6.03 Å². The van der Waals surface area contributed by atoms with Crippen molar-refractivity contribution >= 4 is 11.7 Å². The van der Waals surface area contributed by atoms with Gasteiger partial charge in [-0.25, -0.2) is 4.79 Å². The van der Waals surface area contributed by atoms with Crippen LogP contribution < -0.4 is 24.8 Å². The molecular weight excluding hydrogens is 308 g/mol. The average molecular weight is 330 g/mol. The first kappa shape index (κ1) is 17.5. The van der Waals surface area contributed by atoms with Crippen LogP contribution in [0.4, 0.5) is 10.5 Å². The Bertz CT molecular complexity index is 716. The maximum absolute atomic E-state index is 11.9. The van der Waals surface area contributed by atoms with Crippen molar-refractivity contribution in [3.63, 3.8) is 0 Å². The molecule has 0 atom stereocenters. The highest BCUT2D eigenvalue weighted by molar-refractivity contribution is 5.89. The molecule has 24 heavy (non-hydrogen) atoms. The van der Waals surface area contributed by atoms with Crippen LogP contribution in [0.25, 0.3) is 0 Å². The molecule has 0 unspecified atom stereocenters. The van der Waals surface area contributed by atoms with E-state index < -0.39 is 0 Å². The van der Waals surface area contributed by atoms with Crippen molar-refractivity contribution in [2.24, 2.45) is 0 Å². The second-order valence-corrected chi connectivity index (χ2v) is 5.19. The first-order valence-corrected chi connectivity index (χ1v) is 7.51. The summed E-state index contributed by atoms with van der Waals surface area (Å²) in [5, 5.41) is 5.36. The summed E-state index contributed by atoms with van der Waals surface area (Å²) in [5.74, 6) is 1.89. The lowest BCUT2D eigenvalue weighted by atomic mass is 10.1. The molecule has 0 aromatic heterocycles. The van der Waals surface area contributed by atoms with E-state index >= 15 is 0 Å². The van der Waals surface area contributed by atoms with Crippen LogP contribution in [-0.2, 0) is 0 Å². The molecule has 2 amide bonds. The fraction of sp³-hybridized carbons (Fsp3) is 0.278. The number of carbonyl (C=O) groups excluding carboxylic acids is 1. The number of rotatable bonds is 6. The average Bonchev–Trinajstić information content (AvgIpc) is 2.58. The summed E-state index contributed by atoms with van der Waals surface area (Å²) < 4.78 is 15.9. The summed E-state index contributed by atoms with van der Waals surface area (Å²) >= 11 is 0. The molecule has 6 heteroatoms. The highest BCUT2D eigenvalue weighted by Gasteiger charge is 2.07. The number of carbonyl (C=O) groups is 1. The topological polar surface area (TPSA) is 68.8 Å². The second-order valence-electron chi connectivity index (χ2n) is 5.19. The molecule has 0 bridgehead atoms. The number of nitrogens with one attached hydrogen (secondary N) is 2.